The smallest absolute Gasteiger partial charge is 0.407 e. The number of ether oxygens (including phenoxy) is 2. The van der Waals surface area contributed by atoms with Crippen molar-refractivity contribution in [2.45, 2.75) is 61.5 Å². The van der Waals surface area contributed by atoms with E-state index in [1.807, 2.05) is 0 Å². The normalized spacial score (nSPS) is 39.2. The first-order chi connectivity index (χ1) is 10.8. The van der Waals surface area contributed by atoms with Gasteiger partial charge >= 0.3 is 6.09 Å². The zero-order valence-corrected chi connectivity index (χ0v) is 15.3. The Balaban J connectivity index is 2.34. The van der Waals surface area contributed by atoms with Crippen molar-refractivity contribution in [3.63, 3.8) is 0 Å². The molecule has 0 unspecified atom stereocenters. The molecule has 0 spiro atoms. The molecule has 1 saturated carbocycles. The third kappa shape index (κ3) is 3.15. The van der Waals surface area contributed by atoms with Crippen molar-refractivity contribution >= 4 is 35.1 Å². The molecule has 3 N–H and O–H groups in total. The molecule has 0 saturated heterocycles. The number of allylic oxidation sites excluding steroid dienone is 1. The minimum atomic E-state index is -2.02. The second-order valence-electron chi connectivity index (χ2n) is 7.10. The van der Waals surface area contributed by atoms with E-state index in [0.29, 0.717) is 0 Å². The summed E-state index contributed by atoms with van der Waals surface area (Å²) in [7, 11) is 1.27. The number of hydrogen-bond acceptors (Lipinski definition) is 6. The van der Waals surface area contributed by atoms with Crippen LogP contribution in [-0.4, -0.2) is 63.5 Å². The van der Waals surface area contributed by atoms with Gasteiger partial charge in [0.2, 0.25) is 0 Å². The zero-order chi connectivity index (χ0) is 18.5. The van der Waals surface area contributed by atoms with Gasteiger partial charge in [0.15, 0.2) is 10.7 Å². The van der Waals surface area contributed by atoms with Crippen molar-refractivity contribution < 1.29 is 29.3 Å². The lowest BCUT2D eigenvalue weighted by Crippen LogP contribution is -2.75. The highest BCUT2D eigenvalue weighted by molar-refractivity contribution is 6.51. The summed E-state index contributed by atoms with van der Waals surface area (Å²) in [6.07, 6.45) is -2.56. The van der Waals surface area contributed by atoms with Gasteiger partial charge in [0.25, 0.3) is 0 Å². The summed E-state index contributed by atoms with van der Waals surface area (Å²) in [5, 5.41) is 23.6. The molecule has 0 aromatic rings. The molecule has 0 aliphatic heterocycles. The molecule has 1 amide bonds. The first kappa shape index (κ1) is 19.5. The molecular formula is C15H21Cl2NO6. The number of methoxy groups -OCH3 is 1. The van der Waals surface area contributed by atoms with E-state index in [9.17, 15) is 19.8 Å². The third-order valence-corrected chi connectivity index (χ3v) is 4.95. The Morgan fingerprint density at radius 3 is 2.54 bits per heavy atom. The second kappa shape index (κ2) is 6.14. The van der Waals surface area contributed by atoms with E-state index < -0.39 is 46.2 Å². The molecule has 9 heteroatoms. The standard InChI is InChI=1S/C15H21Cl2NO6/c1-13(2,3)24-12(21)18-8-6-14(22)5-7(16)9(19)15(17,10(8)20)11(14)23-4/h5,8,10-11,20,22H,6H2,1-4H3,(H,18,21)/t8-,10-,11+,14-,15+/m0/s1. The van der Waals surface area contributed by atoms with E-state index in [1.165, 1.54) is 7.11 Å². The number of halogens is 2. The van der Waals surface area contributed by atoms with E-state index >= 15 is 0 Å². The van der Waals surface area contributed by atoms with E-state index in [-0.39, 0.29) is 11.5 Å². The molecule has 24 heavy (non-hydrogen) atoms. The van der Waals surface area contributed by atoms with Crippen molar-refractivity contribution in [2.24, 2.45) is 0 Å². The summed E-state index contributed by atoms with van der Waals surface area (Å²) in [5.74, 6) is -0.773. The number of alkyl carbamates (subject to hydrolysis) is 1. The first-order valence-electron chi connectivity index (χ1n) is 7.40. The summed E-state index contributed by atoms with van der Waals surface area (Å²) in [4.78, 5) is 22.4. The number of nitrogens with one attached hydrogen (secondary N) is 1. The number of ketones is 1. The number of aliphatic hydroxyl groups excluding tert-OH is 1. The molecule has 2 rings (SSSR count). The van der Waals surface area contributed by atoms with E-state index in [2.05, 4.69) is 5.32 Å². The van der Waals surface area contributed by atoms with E-state index in [0.717, 1.165) is 6.08 Å². The number of fused-ring (bicyclic) bond motifs is 2. The summed E-state index contributed by atoms with van der Waals surface area (Å²) in [6, 6.07) is -1.03. The average molecular weight is 382 g/mol. The second-order valence-corrected chi connectivity index (χ2v) is 8.13. The van der Waals surface area contributed by atoms with Crippen molar-refractivity contribution in [3.05, 3.63) is 11.1 Å². The van der Waals surface area contributed by atoms with Crippen LogP contribution in [-0.2, 0) is 14.3 Å². The van der Waals surface area contributed by atoms with Crippen molar-refractivity contribution in [1.82, 2.24) is 5.32 Å². The van der Waals surface area contributed by atoms with Gasteiger partial charge in [-0.2, -0.15) is 0 Å². The van der Waals surface area contributed by atoms with Crippen molar-refractivity contribution in [1.29, 1.82) is 0 Å². The zero-order valence-electron chi connectivity index (χ0n) is 13.8. The third-order valence-electron chi connectivity index (χ3n) is 4.07. The number of carbonyl (C=O) groups is 2. The van der Waals surface area contributed by atoms with E-state index in [1.54, 1.807) is 20.8 Å². The Kier molecular flexibility index (Phi) is 4.98. The van der Waals surface area contributed by atoms with Gasteiger partial charge < -0.3 is 25.0 Å². The van der Waals surface area contributed by atoms with Gasteiger partial charge in [-0.3, -0.25) is 4.79 Å². The molecule has 136 valence electrons. The lowest BCUT2D eigenvalue weighted by Gasteiger charge is -2.53. The van der Waals surface area contributed by atoms with E-state index in [4.69, 9.17) is 32.7 Å². The van der Waals surface area contributed by atoms with Crippen LogP contribution in [0.3, 0.4) is 0 Å². The van der Waals surface area contributed by atoms with Crippen LogP contribution in [0.5, 0.6) is 0 Å². The van der Waals surface area contributed by atoms with Crippen LogP contribution in [0.2, 0.25) is 0 Å². The van der Waals surface area contributed by atoms with Crippen LogP contribution in [0.4, 0.5) is 4.79 Å². The molecular weight excluding hydrogens is 361 g/mol. The average Bonchev–Trinajstić information content (AvgIpc) is 2.40. The lowest BCUT2D eigenvalue weighted by molar-refractivity contribution is -0.164. The Morgan fingerprint density at radius 1 is 1.46 bits per heavy atom. The molecule has 0 aromatic heterocycles. The minimum absolute atomic E-state index is 0.149. The number of rotatable bonds is 2. The Labute approximate surface area is 149 Å². The highest BCUT2D eigenvalue weighted by Crippen LogP contribution is 2.49. The van der Waals surface area contributed by atoms with Gasteiger partial charge in [0.05, 0.1) is 11.1 Å². The van der Waals surface area contributed by atoms with Crippen LogP contribution in [0.1, 0.15) is 27.2 Å². The number of carbonyl (C=O) groups excluding carboxylic acids is 2. The van der Waals surface area contributed by atoms with Crippen LogP contribution >= 0.6 is 23.2 Å². The molecule has 1 fully saturated rings. The quantitative estimate of drug-likeness (QED) is 0.618. The molecule has 5 atom stereocenters. The van der Waals surface area contributed by atoms with Gasteiger partial charge in [-0.05, 0) is 26.8 Å². The highest BCUT2D eigenvalue weighted by Gasteiger charge is 2.67. The van der Waals surface area contributed by atoms with Gasteiger partial charge in [-0.25, -0.2) is 4.79 Å². The number of Topliss-reactive ketones (excluding diaryl/α,β-unsaturated/α-hetero) is 1. The predicted octanol–water partition coefficient (Wildman–Crippen LogP) is 1.07. The summed E-state index contributed by atoms with van der Waals surface area (Å²) in [5.41, 5.74) is -2.47. The fourth-order valence-electron chi connectivity index (χ4n) is 3.20. The van der Waals surface area contributed by atoms with Gasteiger partial charge in [0, 0.05) is 13.5 Å². The molecule has 7 nitrogen and oxygen atoms in total. The fourth-order valence-corrected chi connectivity index (χ4v) is 4.13. The lowest BCUT2D eigenvalue weighted by atomic mass is 9.65. The predicted molar refractivity (Wildman–Crippen MR) is 87.1 cm³/mol. The monoisotopic (exact) mass is 381 g/mol. The fraction of sp³-hybridized carbons (Fsp3) is 0.733. The van der Waals surface area contributed by atoms with Gasteiger partial charge in [0.1, 0.15) is 23.4 Å². The first-order valence-corrected chi connectivity index (χ1v) is 8.15. The number of amides is 1. The largest absolute Gasteiger partial charge is 0.444 e. The van der Waals surface area contributed by atoms with Crippen LogP contribution in [0, 0.1) is 0 Å². The van der Waals surface area contributed by atoms with Crippen LogP contribution in [0.15, 0.2) is 11.1 Å². The maximum absolute atomic E-state index is 12.4. The Hall–Kier alpha value is -0.860. The number of aliphatic hydroxyl groups is 2. The van der Waals surface area contributed by atoms with Crippen LogP contribution < -0.4 is 5.32 Å². The SMILES string of the molecule is CO[C@H]1[C@@]2(Cl)C(=O)C(Cl)=C[C@]1(O)C[C@H](NC(=O)OC(C)(C)C)[C@@H]2O. The van der Waals surface area contributed by atoms with Crippen molar-refractivity contribution in [2.75, 3.05) is 7.11 Å². The maximum atomic E-state index is 12.4. The minimum Gasteiger partial charge on any atom is -0.444 e. The summed E-state index contributed by atoms with van der Waals surface area (Å²) in [6.45, 7) is 5.05. The van der Waals surface area contributed by atoms with Crippen molar-refractivity contribution in [3.8, 4) is 0 Å². The Bertz CT molecular complexity index is 589. The topological polar surface area (TPSA) is 105 Å². The Morgan fingerprint density at radius 2 is 2.04 bits per heavy atom. The molecule has 2 aliphatic carbocycles. The summed E-state index contributed by atoms with van der Waals surface area (Å²) >= 11 is 12.2. The number of alkyl halides is 1. The van der Waals surface area contributed by atoms with Gasteiger partial charge in [-0.15, -0.1) is 11.6 Å². The maximum Gasteiger partial charge on any atom is 0.407 e. The molecule has 0 radical (unpaired) electrons. The molecule has 2 aliphatic rings. The molecule has 0 heterocycles. The summed E-state index contributed by atoms with van der Waals surface area (Å²) < 4.78 is 10.3. The molecule has 0 aromatic carbocycles. The van der Waals surface area contributed by atoms with Gasteiger partial charge in [-0.1, -0.05) is 11.6 Å². The molecule has 2 bridgehead atoms. The van der Waals surface area contributed by atoms with Crippen LogP contribution in [0.25, 0.3) is 0 Å². The number of hydrogen-bond donors (Lipinski definition) is 3. The highest BCUT2D eigenvalue weighted by atomic mass is 35.5.